The Bertz CT molecular complexity index is 582. The Morgan fingerprint density at radius 1 is 0.963 bits per heavy atom. The van der Waals surface area contributed by atoms with Crippen molar-refractivity contribution in [2.45, 2.75) is 103 Å². The number of hydrogen-bond donors (Lipinski definition) is 0. The molecule has 3 heteroatoms. The third kappa shape index (κ3) is 2.94. The molecular weight excluding hydrogens is 336 g/mol. The molecule has 5 rings (SSSR count). The van der Waals surface area contributed by atoms with Crippen LogP contribution in [-0.4, -0.2) is 24.8 Å². The van der Waals surface area contributed by atoms with E-state index in [0.29, 0.717) is 23.2 Å². The number of hydrogen-bond acceptors (Lipinski definition) is 3. The van der Waals surface area contributed by atoms with Crippen molar-refractivity contribution in [2.24, 2.45) is 34.5 Å². The molecule has 0 aromatic heterocycles. The highest BCUT2D eigenvalue weighted by Crippen LogP contribution is 2.65. The lowest BCUT2D eigenvalue weighted by molar-refractivity contribution is -0.211. The number of ketones is 1. The predicted octanol–water partition coefficient (Wildman–Crippen LogP) is 5.51. The van der Waals surface area contributed by atoms with E-state index in [1.807, 2.05) is 0 Å². The molecule has 0 aromatic carbocycles. The Morgan fingerprint density at radius 2 is 1.85 bits per heavy atom. The normalized spacial score (nSPS) is 52.7. The lowest BCUT2D eigenvalue weighted by Gasteiger charge is -2.60. The van der Waals surface area contributed by atoms with Crippen LogP contribution in [-0.2, 0) is 14.3 Å². The smallest absolute Gasteiger partial charge is 0.157 e. The Labute approximate surface area is 164 Å². The number of fused-ring (bicyclic) bond motifs is 5. The summed E-state index contributed by atoms with van der Waals surface area (Å²) in [5, 5.41) is 0. The third-order valence-corrected chi connectivity index (χ3v) is 9.81. The molecule has 5 fully saturated rings. The largest absolute Gasteiger partial charge is 0.353 e. The summed E-state index contributed by atoms with van der Waals surface area (Å²) >= 11 is 0. The molecule has 152 valence electrons. The minimum atomic E-state index is 0.0169. The highest BCUT2D eigenvalue weighted by molar-refractivity contribution is 5.87. The second kappa shape index (κ2) is 6.83. The summed E-state index contributed by atoms with van der Waals surface area (Å²) < 4.78 is 12.2. The van der Waals surface area contributed by atoms with Gasteiger partial charge in [0.05, 0.1) is 6.10 Å². The summed E-state index contributed by atoms with van der Waals surface area (Å²) in [5.74, 6) is 3.69. The quantitative estimate of drug-likeness (QED) is 0.598. The Hall–Kier alpha value is -0.410. The van der Waals surface area contributed by atoms with Crippen molar-refractivity contribution < 1.29 is 14.3 Å². The maximum Gasteiger partial charge on any atom is 0.157 e. The Morgan fingerprint density at radius 3 is 2.67 bits per heavy atom. The van der Waals surface area contributed by atoms with Crippen LogP contribution in [0.1, 0.15) is 90.9 Å². The van der Waals surface area contributed by atoms with Gasteiger partial charge >= 0.3 is 0 Å². The first-order chi connectivity index (χ1) is 13.0. The van der Waals surface area contributed by atoms with Gasteiger partial charge in [-0.25, -0.2) is 0 Å². The molecule has 1 saturated heterocycles. The summed E-state index contributed by atoms with van der Waals surface area (Å²) in [7, 11) is 0. The van der Waals surface area contributed by atoms with Crippen LogP contribution in [0.2, 0.25) is 0 Å². The SMILES string of the molecule is C[C@]12CC[C@H](O[C@@H]3CCCCO3)C[C@@H]1CC[C@H]1[C@H]2CC[C@@]2(C)C(=O)CC[C@H]12. The van der Waals surface area contributed by atoms with Gasteiger partial charge in [-0.3, -0.25) is 4.79 Å². The summed E-state index contributed by atoms with van der Waals surface area (Å²) in [6.07, 6.45) is 14.9. The van der Waals surface area contributed by atoms with Crippen molar-refractivity contribution in [1.29, 1.82) is 0 Å². The fourth-order valence-corrected chi connectivity index (χ4v) is 8.15. The predicted molar refractivity (Wildman–Crippen MR) is 105 cm³/mol. The van der Waals surface area contributed by atoms with E-state index in [-0.39, 0.29) is 11.7 Å². The number of Topliss-reactive ketones (excluding diaryl/α,β-unsaturated/α-hetero) is 1. The molecule has 0 N–H and O–H groups in total. The third-order valence-electron chi connectivity index (χ3n) is 9.81. The standard InChI is InChI=1S/C24H38O3/c1-23-12-10-17(27-22-5-3-4-14-26-22)15-16(23)6-7-18-19-8-9-21(25)24(19,2)13-11-20(18)23/h16-20,22H,3-15H2,1-2H3/t16-,17-,18+,19+,20+,22+,23-,24+/m0/s1. The van der Waals surface area contributed by atoms with Crippen LogP contribution in [0.4, 0.5) is 0 Å². The number of rotatable bonds is 2. The summed E-state index contributed by atoms with van der Waals surface area (Å²) in [6.45, 7) is 5.77. The van der Waals surface area contributed by atoms with E-state index in [1.165, 1.54) is 57.8 Å². The second-order valence-electron chi connectivity index (χ2n) is 10.9. The lowest BCUT2D eigenvalue weighted by atomic mass is 9.45. The maximum absolute atomic E-state index is 12.6. The van der Waals surface area contributed by atoms with Crippen molar-refractivity contribution in [1.82, 2.24) is 0 Å². The molecular formula is C24H38O3. The van der Waals surface area contributed by atoms with Gasteiger partial charge in [-0.05, 0) is 99.7 Å². The molecule has 1 aliphatic heterocycles. The molecule has 5 aliphatic rings. The van der Waals surface area contributed by atoms with Gasteiger partial charge in [0.1, 0.15) is 5.78 Å². The van der Waals surface area contributed by atoms with Crippen LogP contribution in [0.3, 0.4) is 0 Å². The number of carbonyl (C=O) groups excluding carboxylic acids is 1. The molecule has 1 heterocycles. The van der Waals surface area contributed by atoms with Crippen molar-refractivity contribution in [3.8, 4) is 0 Å². The summed E-state index contributed by atoms with van der Waals surface area (Å²) in [4.78, 5) is 12.6. The molecule has 4 aliphatic carbocycles. The molecule has 27 heavy (non-hydrogen) atoms. The Kier molecular flexibility index (Phi) is 4.71. The van der Waals surface area contributed by atoms with Crippen LogP contribution >= 0.6 is 0 Å². The molecule has 3 nitrogen and oxygen atoms in total. The van der Waals surface area contributed by atoms with Crippen LogP contribution in [0, 0.1) is 34.5 Å². The lowest BCUT2D eigenvalue weighted by Crippen LogP contribution is -2.54. The molecule has 4 saturated carbocycles. The summed E-state index contributed by atoms with van der Waals surface area (Å²) in [5.41, 5.74) is 0.492. The van der Waals surface area contributed by atoms with Gasteiger partial charge in [0.2, 0.25) is 0 Å². The topological polar surface area (TPSA) is 35.5 Å². The van der Waals surface area contributed by atoms with Crippen molar-refractivity contribution in [3.63, 3.8) is 0 Å². The van der Waals surface area contributed by atoms with E-state index in [2.05, 4.69) is 13.8 Å². The van der Waals surface area contributed by atoms with E-state index in [0.717, 1.165) is 43.6 Å². The molecule has 0 radical (unpaired) electrons. The van der Waals surface area contributed by atoms with Gasteiger partial charge in [-0.1, -0.05) is 13.8 Å². The molecule has 0 unspecified atom stereocenters. The zero-order chi connectivity index (χ0) is 18.6. The van der Waals surface area contributed by atoms with E-state index in [9.17, 15) is 4.79 Å². The Balaban J connectivity index is 1.28. The average Bonchev–Trinajstić information content (AvgIpc) is 2.98. The van der Waals surface area contributed by atoms with Crippen LogP contribution < -0.4 is 0 Å². The van der Waals surface area contributed by atoms with E-state index >= 15 is 0 Å². The maximum atomic E-state index is 12.6. The van der Waals surface area contributed by atoms with Gasteiger partial charge in [0.25, 0.3) is 0 Å². The zero-order valence-corrected chi connectivity index (χ0v) is 17.4. The zero-order valence-electron chi connectivity index (χ0n) is 17.4. The molecule has 0 bridgehead atoms. The van der Waals surface area contributed by atoms with Gasteiger partial charge in [-0.2, -0.15) is 0 Å². The monoisotopic (exact) mass is 374 g/mol. The first-order valence-electron chi connectivity index (χ1n) is 11.8. The fourth-order valence-electron chi connectivity index (χ4n) is 8.15. The molecule has 0 spiro atoms. The highest BCUT2D eigenvalue weighted by atomic mass is 16.7. The van der Waals surface area contributed by atoms with Gasteiger partial charge < -0.3 is 9.47 Å². The highest BCUT2D eigenvalue weighted by Gasteiger charge is 2.60. The van der Waals surface area contributed by atoms with Crippen molar-refractivity contribution >= 4 is 5.78 Å². The van der Waals surface area contributed by atoms with Crippen LogP contribution in [0.25, 0.3) is 0 Å². The minimum Gasteiger partial charge on any atom is -0.353 e. The van der Waals surface area contributed by atoms with Crippen LogP contribution in [0.15, 0.2) is 0 Å². The fraction of sp³-hybridized carbons (Fsp3) is 0.958. The second-order valence-corrected chi connectivity index (χ2v) is 10.9. The first-order valence-corrected chi connectivity index (χ1v) is 11.8. The van der Waals surface area contributed by atoms with Gasteiger partial charge in [0, 0.05) is 18.4 Å². The number of carbonyl (C=O) groups is 1. The van der Waals surface area contributed by atoms with Crippen LogP contribution in [0.5, 0.6) is 0 Å². The van der Waals surface area contributed by atoms with Crippen molar-refractivity contribution in [3.05, 3.63) is 0 Å². The van der Waals surface area contributed by atoms with Gasteiger partial charge in [0.15, 0.2) is 6.29 Å². The van der Waals surface area contributed by atoms with E-state index in [1.54, 1.807) is 0 Å². The molecule has 0 aromatic rings. The summed E-state index contributed by atoms with van der Waals surface area (Å²) in [6, 6.07) is 0. The minimum absolute atomic E-state index is 0.0169. The van der Waals surface area contributed by atoms with E-state index < -0.39 is 0 Å². The first kappa shape index (κ1) is 18.6. The molecule has 8 atom stereocenters. The number of ether oxygens (including phenoxy) is 2. The van der Waals surface area contributed by atoms with Gasteiger partial charge in [-0.15, -0.1) is 0 Å². The van der Waals surface area contributed by atoms with Crippen molar-refractivity contribution in [2.75, 3.05) is 6.61 Å². The molecule has 0 amide bonds. The average molecular weight is 375 g/mol. The van der Waals surface area contributed by atoms with E-state index in [4.69, 9.17) is 9.47 Å².